The lowest BCUT2D eigenvalue weighted by atomic mass is 10.1. The number of carbonyl (C=O) groups excluding carboxylic acids is 2. The first-order chi connectivity index (χ1) is 14.4. The second kappa shape index (κ2) is 9.43. The van der Waals surface area contributed by atoms with Crippen LogP contribution in [0.5, 0.6) is 23.0 Å². The topological polar surface area (TPSA) is 98.8 Å². The number of phenolic OH excluding ortho intramolecular Hbond substituents is 1. The van der Waals surface area contributed by atoms with E-state index in [0.717, 1.165) is 11.1 Å². The molecule has 0 spiro atoms. The third-order valence-electron chi connectivity index (χ3n) is 4.31. The molecular formula is C24H21NO5. The maximum atomic E-state index is 12.4. The molecular weight excluding hydrogens is 382 g/mol. The van der Waals surface area contributed by atoms with E-state index in [1.807, 2.05) is 12.1 Å². The number of ketones is 1. The smallest absolute Gasteiger partial charge is 0.221 e. The van der Waals surface area contributed by atoms with Crippen LogP contribution < -0.4 is 15.2 Å². The first-order valence-electron chi connectivity index (χ1n) is 9.19. The number of aromatic hydroxyl groups is 1. The third-order valence-corrected chi connectivity index (χ3v) is 4.31. The molecule has 0 unspecified atom stereocenters. The van der Waals surface area contributed by atoms with Gasteiger partial charge in [-0.15, -0.1) is 0 Å². The lowest BCUT2D eigenvalue weighted by Crippen LogP contribution is -2.13. The van der Waals surface area contributed by atoms with Gasteiger partial charge in [-0.1, -0.05) is 30.3 Å². The van der Waals surface area contributed by atoms with Crippen molar-refractivity contribution in [3.63, 3.8) is 0 Å². The second-order valence-electron chi connectivity index (χ2n) is 6.54. The first kappa shape index (κ1) is 20.7. The normalized spacial score (nSPS) is 10.7. The van der Waals surface area contributed by atoms with Crippen molar-refractivity contribution in [2.75, 3.05) is 7.11 Å². The molecule has 1 amide bonds. The highest BCUT2D eigenvalue weighted by Crippen LogP contribution is 2.25. The van der Waals surface area contributed by atoms with Gasteiger partial charge in [-0.3, -0.25) is 9.59 Å². The van der Waals surface area contributed by atoms with Crippen LogP contribution in [0, 0.1) is 0 Å². The molecule has 0 heterocycles. The standard InChI is InChI=1S/C24H21NO5/c1-29-20-11-13-23(27)21(15-20)22(26)12-6-16-2-7-18(8-3-16)30-19-9-4-17(5-10-19)14-24(25)28/h2-13,15,27H,14H2,1H3,(H2,25,28)/b12-6+. The summed E-state index contributed by atoms with van der Waals surface area (Å²) in [7, 11) is 1.50. The van der Waals surface area contributed by atoms with Crippen molar-refractivity contribution in [1.82, 2.24) is 0 Å². The number of primary amides is 1. The van der Waals surface area contributed by atoms with Crippen LogP contribution in [0.1, 0.15) is 21.5 Å². The quantitative estimate of drug-likeness (QED) is 0.435. The minimum Gasteiger partial charge on any atom is -0.507 e. The van der Waals surface area contributed by atoms with E-state index in [-0.39, 0.29) is 29.4 Å². The van der Waals surface area contributed by atoms with Crippen LogP contribution in [0.15, 0.2) is 72.8 Å². The van der Waals surface area contributed by atoms with E-state index in [4.69, 9.17) is 15.2 Å². The molecule has 152 valence electrons. The van der Waals surface area contributed by atoms with Gasteiger partial charge in [0.05, 0.1) is 19.1 Å². The van der Waals surface area contributed by atoms with Gasteiger partial charge in [-0.2, -0.15) is 0 Å². The Morgan fingerprint density at radius 1 is 0.933 bits per heavy atom. The number of ether oxygens (including phenoxy) is 2. The molecule has 0 aliphatic carbocycles. The lowest BCUT2D eigenvalue weighted by molar-refractivity contribution is -0.117. The van der Waals surface area contributed by atoms with Crippen molar-refractivity contribution in [3.05, 3.63) is 89.5 Å². The monoisotopic (exact) mass is 403 g/mol. The Balaban J connectivity index is 1.64. The van der Waals surface area contributed by atoms with Crippen molar-refractivity contribution in [1.29, 1.82) is 0 Å². The molecule has 3 aromatic rings. The Bertz CT molecular complexity index is 1070. The van der Waals surface area contributed by atoms with E-state index in [1.54, 1.807) is 48.5 Å². The van der Waals surface area contributed by atoms with Crippen LogP contribution in [0.25, 0.3) is 6.08 Å². The van der Waals surface area contributed by atoms with Crippen LogP contribution in [0.3, 0.4) is 0 Å². The van der Waals surface area contributed by atoms with Crippen LogP contribution in [-0.4, -0.2) is 23.9 Å². The fourth-order valence-electron chi connectivity index (χ4n) is 2.76. The number of allylic oxidation sites excluding steroid dienone is 1. The number of benzene rings is 3. The number of nitrogens with two attached hydrogens (primary N) is 1. The van der Waals surface area contributed by atoms with Crippen molar-refractivity contribution in [2.45, 2.75) is 6.42 Å². The molecule has 30 heavy (non-hydrogen) atoms. The van der Waals surface area contributed by atoms with Gasteiger partial charge in [0, 0.05) is 0 Å². The fraction of sp³-hybridized carbons (Fsp3) is 0.0833. The van der Waals surface area contributed by atoms with Gasteiger partial charge in [0.15, 0.2) is 5.78 Å². The summed E-state index contributed by atoms with van der Waals surface area (Å²) in [6.45, 7) is 0. The molecule has 0 saturated heterocycles. The van der Waals surface area contributed by atoms with Gasteiger partial charge < -0.3 is 20.3 Å². The molecule has 0 bridgehead atoms. The number of amides is 1. The molecule has 0 aliphatic rings. The van der Waals surface area contributed by atoms with Crippen LogP contribution >= 0.6 is 0 Å². The SMILES string of the molecule is COc1ccc(O)c(C(=O)/C=C/c2ccc(Oc3ccc(CC(N)=O)cc3)cc2)c1. The summed E-state index contributed by atoms with van der Waals surface area (Å²) in [5.74, 6) is 0.946. The van der Waals surface area contributed by atoms with Gasteiger partial charge in [0.25, 0.3) is 0 Å². The van der Waals surface area contributed by atoms with Crippen molar-refractivity contribution in [3.8, 4) is 23.0 Å². The molecule has 3 aromatic carbocycles. The van der Waals surface area contributed by atoms with E-state index in [1.165, 1.54) is 25.3 Å². The summed E-state index contributed by atoms with van der Waals surface area (Å²) in [5.41, 5.74) is 6.98. The van der Waals surface area contributed by atoms with Crippen molar-refractivity contribution >= 4 is 17.8 Å². The highest BCUT2D eigenvalue weighted by atomic mass is 16.5. The predicted molar refractivity (Wildman–Crippen MR) is 114 cm³/mol. The minimum atomic E-state index is -0.382. The van der Waals surface area contributed by atoms with E-state index >= 15 is 0 Å². The number of rotatable bonds is 8. The zero-order chi connectivity index (χ0) is 21.5. The molecule has 0 saturated carbocycles. The van der Waals surface area contributed by atoms with Crippen molar-refractivity contribution < 1.29 is 24.2 Å². The largest absolute Gasteiger partial charge is 0.507 e. The average molecular weight is 403 g/mol. The number of hydrogen-bond donors (Lipinski definition) is 2. The van der Waals surface area contributed by atoms with Crippen LogP contribution in [0.4, 0.5) is 0 Å². The maximum absolute atomic E-state index is 12.4. The number of methoxy groups -OCH3 is 1. The summed E-state index contributed by atoms with van der Waals surface area (Å²) < 4.78 is 10.9. The molecule has 0 aliphatic heterocycles. The Hall–Kier alpha value is -4.06. The highest BCUT2D eigenvalue weighted by Gasteiger charge is 2.09. The van der Waals surface area contributed by atoms with Crippen LogP contribution in [0.2, 0.25) is 0 Å². The molecule has 0 radical (unpaired) electrons. The zero-order valence-corrected chi connectivity index (χ0v) is 16.4. The predicted octanol–water partition coefficient (Wildman–Crippen LogP) is 4.12. The Morgan fingerprint density at radius 2 is 1.53 bits per heavy atom. The maximum Gasteiger partial charge on any atom is 0.221 e. The minimum absolute atomic E-state index is 0.101. The fourth-order valence-corrected chi connectivity index (χ4v) is 2.76. The molecule has 6 heteroatoms. The van der Waals surface area contributed by atoms with E-state index in [2.05, 4.69) is 0 Å². The van der Waals surface area contributed by atoms with E-state index in [0.29, 0.717) is 17.2 Å². The first-order valence-corrected chi connectivity index (χ1v) is 9.19. The highest BCUT2D eigenvalue weighted by molar-refractivity contribution is 6.08. The third kappa shape index (κ3) is 5.48. The molecule has 3 rings (SSSR count). The van der Waals surface area contributed by atoms with Gasteiger partial charge in [0.2, 0.25) is 5.91 Å². The van der Waals surface area contributed by atoms with Gasteiger partial charge in [0.1, 0.15) is 23.0 Å². The average Bonchev–Trinajstić information content (AvgIpc) is 2.74. The summed E-state index contributed by atoms with van der Waals surface area (Å²) >= 11 is 0. The number of hydrogen-bond acceptors (Lipinski definition) is 5. The molecule has 0 fully saturated rings. The summed E-state index contributed by atoms with van der Waals surface area (Å²) in [6, 6.07) is 18.8. The zero-order valence-electron chi connectivity index (χ0n) is 16.4. The van der Waals surface area contributed by atoms with Gasteiger partial charge >= 0.3 is 0 Å². The summed E-state index contributed by atoms with van der Waals surface area (Å²) in [4.78, 5) is 23.3. The number of phenols is 1. The Morgan fingerprint density at radius 3 is 2.13 bits per heavy atom. The lowest BCUT2D eigenvalue weighted by Gasteiger charge is -2.07. The van der Waals surface area contributed by atoms with Gasteiger partial charge in [-0.25, -0.2) is 0 Å². The number of carbonyl (C=O) groups is 2. The second-order valence-corrected chi connectivity index (χ2v) is 6.54. The summed E-state index contributed by atoms with van der Waals surface area (Å²) in [6.07, 6.45) is 3.24. The summed E-state index contributed by atoms with van der Waals surface area (Å²) in [5, 5.41) is 9.88. The van der Waals surface area contributed by atoms with Crippen molar-refractivity contribution in [2.24, 2.45) is 5.73 Å². The molecule has 0 atom stereocenters. The Labute approximate surface area is 174 Å². The van der Waals surface area contributed by atoms with Crippen LogP contribution in [-0.2, 0) is 11.2 Å². The van der Waals surface area contributed by atoms with E-state index < -0.39 is 0 Å². The Kier molecular flexibility index (Phi) is 6.49. The molecule has 6 nitrogen and oxygen atoms in total. The van der Waals surface area contributed by atoms with Gasteiger partial charge in [-0.05, 0) is 59.7 Å². The molecule has 0 aromatic heterocycles. The van der Waals surface area contributed by atoms with E-state index in [9.17, 15) is 14.7 Å². The molecule has 3 N–H and O–H groups in total.